The lowest BCUT2D eigenvalue weighted by Gasteiger charge is -2.13. The first-order valence-corrected chi connectivity index (χ1v) is 10.7. The second-order valence-corrected chi connectivity index (χ2v) is 8.29. The molecule has 29 heavy (non-hydrogen) atoms. The van der Waals surface area contributed by atoms with Gasteiger partial charge in [0, 0.05) is 23.6 Å². The predicted molar refractivity (Wildman–Crippen MR) is 107 cm³/mol. The van der Waals surface area contributed by atoms with Gasteiger partial charge in [0.05, 0.1) is 9.95 Å². The van der Waals surface area contributed by atoms with Crippen molar-refractivity contribution in [2.75, 3.05) is 0 Å². The number of hydrogen-bond acceptors (Lipinski definition) is 7. The lowest BCUT2D eigenvalue weighted by molar-refractivity contribution is -0.384. The van der Waals surface area contributed by atoms with Gasteiger partial charge in [0.15, 0.2) is 10.6 Å². The number of halogens is 2. The Bertz CT molecular complexity index is 1010. The monoisotopic (exact) mass is 461 g/mol. The minimum Gasteiger partial charge on any atom is -0.423 e. The summed E-state index contributed by atoms with van der Waals surface area (Å²) in [6.07, 6.45) is 2.40. The van der Waals surface area contributed by atoms with E-state index in [4.69, 9.17) is 32.1 Å². The molecule has 0 bridgehead atoms. The third-order valence-electron chi connectivity index (χ3n) is 3.70. The maximum absolute atomic E-state index is 12.7. The van der Waals surface area contributed by atoms with Gasteiger partial charge in [-0.1, -0.05) is 43.0 Å². The van der Waals surface area contributed by atoms with Crippen molar-refractivity contribution in [1.29, 1.82) is 0 Å². The third kappa shape index (κ3) is 6.31. The highest BCUT2D eigenvalue weighted by Crippen LogP contribution is 2.37. The summed E-state index contributed by atoms with van der Waals surface area (Å²) in [4.78, 5) is 21.6. The Balaban J connectivity index is 2.33. The number of non-ortho nitro benzene ring substituents is 1. The standard InChI is InChI=1S/C18H17Cl2NO7S/c1-2-3-4-5-17(22)27-18-15(20)10-12(19)11-16(18)29(25,26)28-14-8-6-13(7-9-14)21(23)24/h6-11H,2-5H2,1H3. The second-order valence-electron chi connectivity index (χ2n) is 5.93. The van der Waals surface area contributed by atoms with E-state index in [1.165, 1.54) is 6.07 Å². The number of benzene rings is 2. The first-order valence-electron chi connectivity index (χ1n) is 8.52. The molecule has 0 fully saturated rings. The molecule has 0 amide bonds. The molecule has 2 rings (SSSR count). The van der Waals surface area contributed by atoms with E-state index in [9.17, 15) is 23.3 Å². The van der Waals surface area contributed by atoms with Crippen LogP contribution in [0.1, 0.15) is 32.6 Å². The highest BCUT2D eigenvalue weighted by atomic mass is 35.5. The van der Waals surface area contributed by atoms with Crippen LogP contribution in [0.5, 0.6) is 11.5 Å². The first kappa shape index (κ1) is 22.9. The highest BCUT2D eigenvalue weighted by molar-refractivity contribution is 7.87. The Morgan fingerprint density at radius 1 is 1.14 bits per heavy atom. The van der Waals surface area contributed by atoms with Gasteiger partial charge in [0.1, 0.15) is 5.75 Å². The lowest BCUT2D eigenvalue weighted by Crippen LogP contribution is -2.15. The molecule has 0 unspecified atom stereocenters. The van der Waals surface area contributed by atoms with Crippen LogP contribution in [0.25, 0.3) is 0 Å². The van der Waals surface area contributed by atoms with E-state index >= 15 is 0 Å². The summed E-state index contributed by atoms with van der Waals surface area (Å²) < 4.78 is 35.6. The van der Waals surface area contributed by atoms with Gasteiger partial charge in [-0.25, -0.2) is 0 Å². The van der Waals surface area contributed by atoms with Crippen molar-refractivity contribution in [1.82, 2.24) is 0 Å². The van der Waals surface area contributed by atoms with Crippen LogP contribution >= 0.6 is 23.2 Å². The van der Waals surface area contributed by atoms with Gasteiger partial charge >= 0.3 is 16.1 Å². The molecule has 0 saturated carbocycles. The largest absolute Gasteiger partial charge is 0.423 e. The normalized spacial score (nSPS) is 11.1. The summed E-state index contributed by atoms with van der Waals surface area (Å²) >= 11 is 12.0. The van der Waals surface area contributed by atoms with Gasteiger partial charge in [0.2, 0.25) is 0 Å². The molecule has 156 valence electrons. The van der Waals surface area contributed by atoms with Gasteiger partial charge in [-0.15, -0.1) is 0 Å². The van der Waals surface area contributed by atoms with Crippen molar-refractivity contribution in [3.05, 3.63) is 56.6 Å². The molecule has 0 spiro atoms. The van der Waals surface area contributed by atoms with E-state index in [-0.39, 0.29) is 33.7 Å². The number of nitro groups is 1. The molecular weight excluding hydrogens is 445 g/mol. The first-order chi connectivity index (χ1) is 13.6. The van der Waals surface area contributed by atoms with Crippen molar-refractivity contribution in [3.8, 4) is 11.5 Å². The summed E-state index contributed by atoms with van der Waals surface area (Å²) in [5, 5.41) is 10.5. The number of carbonyl (C=O) groups is 1. The Morgan fingerprint density at radius 3 is 2.38 bits per heavy atom. The van der Waals surface area contributed by atoms with Crippen LogP contribution < -0.4 is 8.92 Å². The maximum Gasteiger partial charge on any atom is 0.343 e. The predicted octanol–water partition coefficient (Wildman–Crippen LogP) is 5.16. The number of carbonyl (C=O) groups excluding carboxylic acids is 1. The molecule has 0 aromatic heterocycles. The SMILES string of the molecule is CCCCCC(=O)Oc1c(Cl)cc(Cl)cc1S(=O)(=O)Oc1ccc([N+](=O)[O-])cc1. The van der Waals surface area contributed by atoms with Crippen LogP contribution in [-0.2, 0) is 14.9 Å². The summed E-state index contributed by atoms with van der Waals surface area (Å²) in [6.45, 7) is 1.97. The van der Waals surface area contributed by atoms with E-state index in [0.717, 1.165) is 43.2 Å². The molecule has 2 aromatic rings. The third-order valence-corrected chi connectivity index (χ3v) is 5.45. The van der Waals surface area contributed by atoms with Crippen molar-refractivity contribution in [2.24, 2.45) is 0 Å². The molecular formula is C18H17Cl2NO7S. The number of nitrogens with zero attached hydrogens (tertiary/aromatic N) is 1. The molecule has 0 atom stereocenters. The van der Waals surface area contributed by atoms with Gasteiger partial charge in [-0.2, -0.15) is 8.42 Å². The maximum atomic E-state index is 12.7. The number of unbranched alkanes of at least 4 members (excludes halogenated alkanes) is 2. The summed E-state index contributed by atoms with van der Waals surface area (Å²) in [6, 6.07) is 6.71. The number of hydrogen-bond donors (Lipinski definition) is 0. The van der Waals surface area contributed by atoms with E-state index in [2.05, 4.69) is 0 Å². The van der Waals surface area contributed by atoms with Crippen molar-refractivity contribution < 1.29 is 27.1 Å². The fourth-order valence-electron chi connectivity index (χ4n) is 2.30. The van der Waals surface area contributed by atoms with Gasteiger partial charge in [0.25, 0.3) is 5.69 Å². The van der Waals surface area contributed by atoms with Crippen LogP contribution in [0, 0.1) is 10.1 Å². The highest BCUT2D eigenvalue weighted by Gasteiger charge is 2.27. The Labute approximate surface area is 177 Å². The topological polar surface area (TPSA) is 113 Å². The molecule has 0 radical (unpaired) electrons. The van der Waals surface area contributed by atoms with Crippen LogP contribution in [0.15, 0.2) is 41.3 Å². The van der Waals surface area contributed by atoms with E-state index in [1.54, 1.807) is 0 Å². The fraction of sp³-hybridized carbons (Fsp3) is 0.278. The Hall–Kier alpha value is -2.36. The van der Waals surface area contributed by atoms with Crippen molar-refractivity contribution in [3.63, 3.8) is 0 Å². The number of esters is 1. The number of ether oxygens (including phenoxy) is 1. The molecule has 2 aromatic carbocycles. The summed E-state index contributed by atoms with van der Waals surface area (Å²) in [7, 11) is -4.51. The Kier molecular flexibility index (Phi) is 7.83. The number of nitro benzene ring substituents is 1. The fourth-order valence-corrected chi connectivity index (χ4v) is 4.06. The van der Waals surface area contributed by atoms with Gasteiger partial charge in [-0.05, 0) is 30.7 Å². The summed E-state index contributed by atoms with van der Waals surface area (Å²) in [5.74, 6) is -1.21. The minimum absolute atomic E-state index is 0.00773. The molecule has 0 aliphatic rings. The number of rotatable bonds is 9. The summed E-state index contributed by atoms with van der Waals surface area (Å²) in [5.41, 5.74) is -0.234. The molecule has 0 N–H and O–H groups in total. The minimum atomic E-state index is -4.51. The smallest absolute Gasteiger partial charge is 0.343 e. The van der Waals surface area contributed by atoms with E-state index < -0.39 is 25.9 Å². The van der Waals surface area contributed by atoms with Crippen molar-refractivity contribution in [2.45, 2.75) is 37.5 Å². The van der Waals surface area contributed by atoms with E-state index in [1.807, 2.05) is 6.92 Å². The average molecular weight is 462 g/mol. The Morgan fingerprint density at radius 2 is 1.79 bits per heavy atom. The van der Waals surface area contributed by atoms with Crippen molar-refractivity contribution >= 4 is 45.0 Å². The molecule has 8 nitrogen and oxygen atoms in total. The zero-order chi connectivity index (χ0) is 21.6. The molecule has 0 aliphatic carbocycles. The van der Waals surface area contributed by atoms with Crippen LogP contribution in [-0.4, -0.2) is 19.3 Å². The lowest BCUT2D eigenvalue weighted by atomic mass is 10.2. The zero-order valence-corrected chi connectivity index (χ0v) is 17.6. The zero-order valence-electron chi connectivity index (χ0n) is 15.3. The molecule has 0 saturated heterocycles. The molecule has 0 heterocycles. The second kappa shape index (κ2) is 9.91. The van der Waals surface area contributed by atoms with E-state index in [0.29, 0.717) is 6.42 Å². The van der Waals surface area contributed by atoms with Crippen LogP contribution in [0.4, 0.5) is 5.69 Å². The van der Waals surface area contributed by atoms with Crippen LogP contribution in [0.2, 0.25) is 10.0 Å². The molecule has 0 aliphatic heterocycles. The average Bonchev–Trinajstić information content (AvgIpc) is 2.64. The van der Waals surface area contributed by atoms with Gasteiger partial charge in [-0.3, -0.25) is 14.9 Å². The quantitative estimate of drug-likeness (QED) is 0.126. The van der Waals surface area contributed by atoms with Gasteiger partial charge < -0.3 is 8.92 Å². The van der Waals surface area contributed by atoms with Crippen LogP contribution in [0.3, 0.4) is 0 Å². The molecule has 11 heteroatoms.